The van der Waals surface area contributed by atoms with Crippen LogP contribution in [-0.4, -0.2) is 41.0 Å². The fourth-order valence-electron chi connectivity index (χ4n) is 2.42. The summed E-state index contributed by atoms with van der Waals surface area (Å²) < 4.78 is 10.5. The predicted octanol–water partition coefficient (Wildman–Crippen LogP) is 1.09. The van der Waals surface area contributed by atoms with Crippen molar-refractivity contribution < 1.29 is 18.7 Å². The molecule has 0 aliphatic carbocycles. The van der Waals surface area contributed by atoms with Crippen LogP contribution >= 0.6 is 0 Å². The number of amides is 1. The lowest BCUT2D eigenvalue weighted by Gasteiger charge is -2.45. The molecule has 0 spiro atoms. The summed E-state index contributed by atoms with van der Waals surface area (Å²) >= 11 is 0. The Morgan fingerprint density at radius 3 is 2.76 bits per heavy atom. The summed E-state index contributed by atoms with van der Waals surface area (Å²) in [6.45, 7) is 5.33. The number of esters is 1. The van der Waals surface area contributed by atoms with E-state index in [4.69, 9.17) is 14.9 Å². The number of hydrogen-bond acceptors (Lipinski definition) is 5. The van der Waals surface area contributed by atoms with Gasteiger partial charge in [-0.25, -0.2) is 0 Å². The minimum atomic E-state index is -0.559. The summed E-state index contributed by atoms with van der Waals surface area (Å²) in [6.07, 6.45) is 2.96. The molecule has 2 heterocycles. The van der Waals surface area contributed by atoms with Gasteiger partial charge < -0.3 is 19.8 Å². The van der Waals surface area contributed by atoms with Crippen LogP contribution in [-0.2, 0) is 20.7 Å². The summed E-state index contributed by atoms with van der Waals surface area (Å²) in [5.74, 6) is 0.231. The van der Waals surface area contributed by atoms with Crippen molar-refractivity contribution in [3.8, 4) is 0 Å². The number of β-lactam (4-membered cyclic amide) rings is 1. The number of rotatable bonds is 5. The smallest absolute Gasteiger partial charge is 0.326 e. The number of hydrogen-bond donors (Lipinski definition) is 1. The Bertz CT molecular complexity index is 504. The van der Waals surface area contributed by atoms with E-state index in [1.165, 1.54) is 4.90 Å². The van der Waals surface area contributed by atoms with E-state index in [0.717, 1.165) is 5.76 Å². The number of carbonyl (C=O) groups is 2. The van der Waals surface area contributed by atoms with Crippen LogP contribution in [0.15, 0.2) is 22.8 Å². The van der Waals surface area contributed by atoms with Crippen molar-refractivity contribution >= 4 is 11.9 Å². The van der Waals surface area contributed by atoms with Crippen molar-refractivity contribution in [1.29, 1.82) is 0 Å². The SMILES string of the molecule is CC(C)(C)OC(=O)CN1C(=O)[C@H](N)[C@@H]1CCc1ccco1. The van der Waals surface area contributed by atoms with Crippen LogP contribution in [0.5, 0.6) is 0 Å². The van der Waals surface area contributed by atoms with Crippen molar-refractivity contribution in [3.63, 3.8) is 0 Å². The molecule has 1 saturated heterocycles. The zero-order valence-corrected chi connectivity index (χ0v) is 12.7. The maximum absolute atomic E-state index is 11.8. The second-order valence-electron chi connectivity index (χ2n) is 6.26. The van der Waals surface area contributed by atoms with Crippen molar-refractivity contribution in [2.24, 2.45) is 5.73 Å². The van der Waals surface area contributed by atoms with Crippen LogP contribution in [0.3, 0.4) is 0 Å². The Kier molecular flexibility index (Phi) is 4.37. The van der Waals surface area contributed by atoms with E-state index in [0.29, 0.717) is 12.8 Å². The number of ether oxygens (including phenoxy) is 1. The van der Waals surface area contributed by atoms with E-state index in [-0.39, 0.29) is 18.5 Å². The van der Waals surface area contributed by atoms with Gasteiger partial charge in [-0.1, -0.05) is 0 Å². The second kappa shape index (κ2) is 5.89. The lowest BCUT2D eigenvalue weighted by molar-refractivity contribution is -0.166. The van der Waals surface area contributed by atoms with Crippen molar-refractivity contribution in [3.05, 3.63) is 24.2 Å². The Balaban J connectivity index is 1.88. The molecule has 2 N–H and O–H groups in total. The molecule has 6 heteroatoms. The van der Waals surface area contributed by atoms with Crippen molar-refractivity contribution in [2.45, 2.75) is 51.3 Å². The molecule has 1 amide bonds. The summed E-state index contributed by atoms with van der Waals surface area (Å²) in [4.78, 5) is 25.1. The first kappa shape index (κ1) is 15.6. The normalized spacial score (nSPS) is 22.1. The third-order valence-corrected chi connectivity index (χ3v) is 3.37. The van der Waals surface area contributed by atoms with Crippen LogP contribution in [0.25, 0.3) is 0 Å². The van der Waals surface area contributed by atoms with Crippen LogP contribution in [0.1, 0.15) is 33.0 Å². The molecule has 0 saturated carbocycles. The molecule has 1 aromatic heterocycles. The molecule has 0 radical (unpaired) electrons. The number of carbonyl (C=O) groups excluding carboxylic acids is 2. The Labute approximate surface area is 124 Å². The van der Waals surface area contributed by atoms with Gasteiger partial charge in [-0.05, 0) is 39.3 Å². The monoisotopic (exact) mass is 294 g/mol. The van der Waals surface area contributed by atoms with E-state index in [9.17, 15) is 9.59 Å². The Morgan fingerprint density at radius 2 is 2.19 bits per heavy atom. The molecule has 1 aliphatic heterocycles. The molecule has 0 aromatic carbocycles. The van der Waals surface area contributed by atoms with Crippen LogP contribution in [0.4, 0.5) is 0 Å². The van der Waals surface area contributed by atoms with Gasteiger partial charge >= 0.3 is 5.97 Å². The summed E-state index contributed by atoms with van der Waals surface area (Å²) in [5, 5.41) is 0. The molecule has 1 fully saturated rings. The first-order valence-electron chi connectivity index (χ1n) is 7.08. The van der Waals surface area contributed by atoms with E-state index in [2.05, 4.69) is 0 Å². The Morgan fingerprint density at radius 1 is 1.48 bits per heavy atom. The summed E-state index contributed by atoms with van der Waals surface area (Å²) in [5.41, 5.74) is 5.27. The first-order chi connectivity index (χ1) is 9.78. The van der Waals surface area contributed by atoms with Gasteiger partial charge in [0.2, 0.25) is 5.91 Å². The van der Waals surface area contributed by atoms with E-state index in [1.54, 1.807) is 27.0 Å². The zero-order valence-electron chi connectivity index (χ0n) is 12.7. The lowest BCUT2D eigenvalue weighted by Crippen LogP contribution is -2.69. The molecule has 21 heavy (non-hydrogen) atoms. The highest BCUT2D eigenvalue weighted by molar-refractivity contribution is 5.92. The van der Waals surface area contributed by atoms with Gasteiger partial charge in [-0.3, -0.25) is 9.59 Å². The topological polar surface area (TPSA) is 85.8 Å². The molecule has 6 nitrogen and oxygen atoms in total. The fourth-order valence-corrected chi connectivity index (χ4v) is 2.42. The average Bonchev–Trinajstić information content (AvgIpc) is 2.88. The molecular weight excluding hydrogens is 272 g/mol. The van der Waals surface area contributed by atoms with Crippen LogP contribution in [0, 0.1) is 0 Å². The van der Waals surface area contributed by atoms with Crippen LogP contribution in [0.2, 0.25) is 0 Å². The number of nitrogens with zero attached hydrogens (tertiary/aromatic N) is 1. The van der Waals surface area contributed by atoms with Gasteiger partial charge in [-0.2, -0.15) is 0 Å². The van der Waals surface area contributed by atoms with Gasteiger partial charge in [0, 0.05) is 6.42 Å². The number of aryl methyl sites for hydroxylation is 1. The van der Waals surface area contributed by atoms with Gasteiger partial charge in [0.15, 0.2) is 0 Å². The molecular formula is C15H22N2O4. The van der Waals surface area contributed by atoms with Gasteiger partial charge in [0.25, 0.3) is 0 Å². The van der Waals surface area contributed by atoms with Gasteiger partial charge in [0.1, 0.15) is 23.9 Å². The largest absolute Gasteiger partial charge is 0.469 e. The number of furan rings is 1. The quantitative estimate of drug-likeness (QED) is 0.649. The molecule has 0 unspecified atom stereocenters. The second-order valence-corrected chi connectivity index (χ2v) is 6.26. The molecule has 1 aromatic rings. The highest BCUT2D eigenvalue weighted by atomic mass is 16.6. The number of likely N-dealkylation sites (tertiary alicyclic amines) is 1. The van der Waals surface area contributed by atoms with E-state index in [1.807, 2.05) is 12.1 Å². The number of nitrogens with two attached hydrogens (primary N) is 1. The maximum atomic E-state index is 11.8. The zero-order chi connectivity index (χ0) is 15.6. The molecule has 116 valence electrons. The predicted molar refractivity (Wildman–Crippen MR) is 76.4 cm³/mol. The van der Waals surface area contributed by atoms with E-state index < -0.39 is 17.6 Å². The molecule has 0 bridgehead atoms. The molecule has 2 rings (SSSR count). The van der Waals surface area contributed by atoms with Crippen LogP contribution < -0.4 is 5.73 Å². The fraction of sp³-hybridized carbons (Fsp3) is 0.600. The average molecular weight is 294 g/mol. The molecule has 1 aliphatic rings. The van der Waals surface area contributed by atoms with E-state index >= 15 is 0 Å². The highest BCUT2D eigenvalue weighted by Gasteiger charge is 2.45. The van der Waals surface area contributed by atoms with Crippen molar-refractivity contribution in [1.82, 2.24) is 4.90 Å². The first-order valence-corrected chi connectivity index (χ1v) is 7.08. The van der Waals surface area contributed by atoms with Gasteiger partial charge in [-0.15, -0.1) is 0 Å². The highest BCUT2D eigenvalue weighted by Crippen LogP contribution is 2.23. The van der Waals surface area contributed by atoms with Gasteiger partial charge in [0.05, 0.1) is 12.3 Å². The third-order valence-electron chi connectivity index (χ3n) is 3.37. The summed E-state index contributed by atoms with van der Waals surface area (Å²) in [7, 11) is 0. The van der Waals surface area contributed by atoms with Crippen molar-refractivity contribution in [2.75, 3.05) is 6.54 Å². The maximum Gasteiger partial charge on any atom is 0.326 e. The third kappa shape index (κ3) is 3.85. The Hall–Kier alpha value is -1.82. The minimum Gasteiger partial charge on any atom is -0.469 e. The minimum absolute atomic E-state index is 0.0490. The summed E-state index contributed by atoms with van der Waals surface area (Å²) in [6, 6.07) is 3.02. The lowest BCUT2D eigenvalue weighted by atomic mass is 9.91. The standard InChI is InChI=1S/C15H22N2O4/c1-15(2,3)21-12(18)9-17-11(13(16)14(17)19)7-6-10-5-4-8-20-10/h4-5,8,11,13H,6-7,9,16H2,1-3H3/t11-,13+/m0/s1. The molecule has 2 atom stereocenters.